The summed E-state index contributed by atoms with van der Waals surface area (Å²) in [6, 6.07) is 12.4. The number of rotatable bonds is 5. The number of ether oxygens (including phenoxy) is 2. The van der Waals surface area contributed by atoms with Crippen LogP contribution in [0.1, 0.15) is 36.5 Å². The van der Waals surface area contributed by atoms with Crippen LogP contribution < -0.4 is 20.1 Å². The normalized spacial score (nSPS) is 19.0. The molecule has 2 amide bonds. The largest absolute Gasteiger partial charge is 0.493 e. The Morgan fingerprint density at radius 3 is 2.32 bits per heavy atom. The van der Waals surface area contributed by atoms with Gasteiger partial charge >= 0.3 is 6.03 Å². The number of benzene rings is 2. The molecule has 8 nitrogen and oxygen atoms in total. The van der Waals surface area contributed by atoms with Gasteiger partial charge in [0.25, 0.3) is 0 Å². The third kappa shape index (κ3) is 4.97. The Hall–Kier alpha value is -3.26. The van der Waals surface area contributed by atoms with E-state index in [9.17, 15) is 4.79 Å². The second-order valence-electron chi connectivity index (χ2n) is 9.07. The first-order chi connectivity index (χ1) is 16.4. The molecule has 0 saturated carbocycles. The molecule has 1 unspecified atom stereocenters. The molecule has 1 saturated heterocycles. The standard InChI is InChI=1S/C26H35N5O3/c1-17-14-19-15-23(33-4)24(34-5)16-22(19)25(29-31(17)26(32)27-2)18-6-8-20(9-7-18)28-21-10-12-30(3)13-11-21/h6-9,15-17,21,28H,10-14H2,1-5H3,(H,27,32). The van der Waals surface area contributed by atoms with E-state index in [-0.39, 0.29) is 12.1 Å². The number of likely N-dealkylation sites (tertiary alicyclic amines) is 1. The predicted molar refractivity (Wildman–Crippen MR) is 135 cm³/mol. The maximum Gasteiger partial charge on any atom is 0.337 e. The van der Waals surface area contributed by atoms with E-state index in [0.29, 0.717) is 24.0 Å². The second-order valence-corrected chi connectivity index (χ2v) is 9.07. The second kappa shape index (κ2) is 10.3. The lowest BCUT2D eigenvalue weighted by atomic mass is 9.94. The van der Waals surface area contributed by atoms with Crippen molar-refractivity contribution in [2.75, 3.05) is 46.7 Å². The summed E-state index contributed by atoms with van der Waals surface area (Å²) in [5.74, 6) is 1.30. The van der Waals surface area contributed by atoms with E-state index in [1.165, 1.54) is 5.01 Å². The molecule has 2 aromatic carbocycles. The van der Waals surface area contributed by atoms with E-state index in [2.05, 4.69) is 46.8 Å². The lowest BCUT2D eigenvalue weighted by molar-refractivity contribution is 0.184. The molecule has 2 heterocycles. The van der Waals surface area contributed by atoms with Gasteiger partial charge in [-0.15, -0.1) is 0 Å². The van der Waals surface area contributed by atoms with Crippen molar-refractivity contribution in [3.63, 3.8) is 0 Å². The first-order valence-electron chi connectivity index (χ1n) is 11.8. The zero-order chi connectivity index (χ0) is 24.2. The van der Waals surface area contributed by atoms with E-state index >= 15 is 0 Å². The van der Waals surface area contributed by atoms with Crippen LogP contribution in [0.25, 0.3) is 0 Å². The number of nitrogens with one attached hydrogen (secondary N) is 2. The van der Waals surface area contributed by atoms with Crippen molar-refractivity contribution in [3.05, 3.63) is 53.1 Å². The number of carbonyl (C=O) groups excluding carboxylic acids is 1. The molecule has 2 aromatic rings. The minimum atomic E-state index is -0.239. The van der Waals surface area contributed by atoms with Crippen LogP contribution in [0.5, 0.6) is 11.5 Å². The summed E-state index contributed by atoms with van der Waals surface area (Å²) in [7, 11) is 7.05. The molecule has 2 aliphatic rings. The number of hydrazone groups is 1. The fraction of sp³-hybridized carbons (Fsp3) is 0.462. The van der Waals surface area contributed by atoms with Gasteiger partial charge in [0.1, 0.15) is 0 Å². The zero-order valence-electron chi connectivity index (χ0n) is 20.7. The van der Waals surface area contributed by atoms with Crippen molar-refractivity contribution >= 4 is 17.4 Å². The van der Waals surface area contributed by atoms with Gasteiger partial charge in [0.2, 0.25) is 0 Å². The van der Waals surface area contributed by atoms with Crippen molar-refractivity contribution in [2.45, 2.75) is 38.3 Å². The van der Waals surface area contributed by atoms with Crippen LogP contribution in [0.15, 0.2) is 41.5 Å². The minimum absolute atomic E-state index is 0.125. The lowest BCUT2D eigenvalue weighted by Crippen LogP contribution is -2.41. The van der Waals surface area contributed by atoms with E-state index in [1.54, 1.807) is 21.3 Å². The molecule has 2 N–H and O–H groups in total. The molecule has 0 radical (unpaired) electrons. The number of methoxy groups -OCH3 is 2. The topological polar surface area (TPSA) is 78.4 Å². The SMILES string of the molecule is CNC(=O)N1N=C(c2ccc(NC3CCN(C)CC3)cc2)c2cc(OC)c(OC)cc2CC1C. The zero-order valence-corrected chi connectivity index (χ0v) is 20.7. The molecule has 2 aliphatic heterocycles. The average molecular weight is 466 g/mol. The molecule has 1 atom stereocenters. The van der Waals surface area contributed by atoms with Gasteiger partial charge in [-0.3, -0.25) is 0 Å². The van der Waals surface area contributed by atoms with Crippen LogP contribution in [0.2, 0.25) is 0 Å². The Morgan fingerprint density at radius 1 is 1.06 bits per heavy atom. The van der Waals surface area contributed by atoms with Crippen LogP contribution in [-0.2, 0) is 6.42 Å². The van der Waals surface area contributed by atoms with Crippen molar-refractivity contribution in [1.29, 1.82) is 0 Å². The number of hydrogen-bond acceptors (Lipinski definition) is 6. The van der Waals surface area contributed by atoms with Crippen LogP contribution >= 0.6 is 0 Å². The average Bonchev–Trinajstić information content (AvgIpc) is 3.00. The summed E-state index contributed by atoms with van der Waals surface area (Å²) in [6.45, 7) is 4.22. The third-order valence-corrected chi connectivity index (χ3v) is 6.67. The summed E-state index contributed by atoms with van der Waals surface area (Å²) in [4.78, 5) is 15.0. The number of anilines is 1. The molecule has 8 heteroatoms. The number of nitrogens with zero attached hydrogens (tertiary/aromatic N) is 3. The van der Waals surface area contributed by atoms with Crippen LogP contribution in [0, 0.1) is 0 Å². The molecule has 0 aromatic heterocycles. The van der Waals surface area contributed by atoms with E-state index in [0.717, 1.165) is 54.0 Å². The van der Waals surface area contributed by atoms with E-state index in [1.807, 2.05) is 19.1 Å². The van der Waals surface area contributed by atoms with Gasteiger partial charge in [0.05, 0.1) is 26.0 Å². The minimum Gasteiger partial charge on any atom is -0.493 e. The van der Waals surface area contributed by atoms with E-state index in [4.69, 9.17) is 14.6 Å². The smallest absolute Gasteiger partial charge is 0.337 e. The highest BCUT2D eigenvalue weighted by Gasteiger charge is 2.28. The van der Waals surface area contributed by atoms with Crippen molar-refractivity contribution < 1.29 is 14.3 Å². The molecule has 34 heavy (non-hydrogen) atoms. The van der Waals surface area contributed by atoms with Gasteiger partial charge in [-0.25, -0.2) is 9.80 Å². The molecular formula is C26H35N5O3. The maximum atomic E-state index is 12.6. The Balaban J connectivity index is 1.70. The molecule has 4 rings (SSSR count). The molecular weight excluding hydrogens is 430 g/mol. The lowest BCUT2D eigenvalue weighted by Gasteiger charge is -2.30. The highest BCUT2D eigenvalue weighted by molar-refractivity contribution is 6.14. The van der Waals surface area contributed by atoms with Crippen molar-refractivity contribution in [1.82, 2.24) is 15.2 Å². The van der Waals surface area contributed by atoms with Gasteiger partial charge in [0.15, 0.2) is 11.5 Å². The number of carbonyl (C=O) groups is 1. The molecule has 1 fully saturated rings. The third-order valence-electron chi connectivity index (χ3n) is 6.67. The summed E-state index contributed by atoms with van der Waals surface area (Å²) in [5.41, 5.74) is 4.76. The van der Waals surface area contributed by atoms with Crippen LogP contribution in [0.3, 0.4) is 0 Å². The monoisotopic (exact) mass is 465 g/mol. The number of amides is 2. The summed E-state index contributed by atoms with van der Waals surface area (Å²) in [6.07, 6.45) is 2.92. The van der Waals surface area contributed by atoms with Gasteiger partial charge in [-0.2, -0.15) is 5.10 Å². The predicted octanol–water partition coefficient (Wildman–Crippen LogP) is 3.55. The molecule has 0 bridgehead atoms. The van der Waals surface area contributed by atoms with Gasteiger partial charge in [-0.05, 0) is 76.2 Å². The van der Waals surface area contributed by atoms with E-state index < -0.39 is 0 Å². The maximum absolute atomic E-state index is 12.6. The van der Waals surface area contributed by atoms with Crippen LogP contribution in [-0.4, -0.2) is 75.1 Å². The fourth-order valence-corrected chi connectivity index (χ4v) is 4.66. The summed E-state index contributed by atoms with van der Waals surface area (Å²) < 4.78 is 11.1. The van der Waals surface area contributed by atoms with Crippen LogP contribution in [0.4, 0.5) is 10.5 Å². The Morgan fingerprint density at radius 2 is 1.71 bits per heavy atom. The summed E-state index contributed by atoms with van der Waals surface area (Å²) >= 11 is 0. The number of urea groups is 1. The van der Waals surface area contributed by atoms with Gasteiger partial charge < -0.3 is 25.0 Å². The highest BCUT2D eigenvalue weighted by Crippen LogP contribution is 2.34. The first-order valence-corrected chi connectivity index (χ1v) is 11.8. The Kier molecular flexibility index (Phi) is 7.26. The fourth-order valence-electron chi connectivity index (χ4n) is 4.66. The molecule has 0 spiro atoms. The van der Waals surface area contributed by atoms with Crippen molar-refractivity contribution in [3.8, 4) is 11.5 Å². The highest BCUT2D eigenvalue weighted by atomic mass is 16.5. The van der Waals surface area contributed by atoms with Gasteiger partial charge in [0, 0.05) is 29.9 Å². The van der Waals surface area contributed by atoms with Gasteiger partial charge in [-0.1, -0.05) is 12.1 Å². The Labute approximate surface area is 201 Å². The molecule has 182 valence electrons. The van der Waals surface area contributed by atoms with Crippen molar-refractivity contribution in [2.24, 2.45) is 5.10 Å². The Bertz CT molecular complexity index is 1050. The molecule has 0 aliphatic carbocycles. The number of hydrogen-bond donors (Lipinski definition) is 2. The quantitative estimate of drug-likeness (QED) is 0.706. The summed E-state index contributed by atoms with van der Waals surface area (Å²) in [5, 5.41) is 12.7. The first kappa shape index (κ1) is 23.9. The number of fused-ring (bicyclic) bond motifs is 1. The number of piperidine rings is 1.